The maximum atomic E-state index is 10.5. The van der Waals surface area contributed by atoms with E-state index in [2.05, 4.69) is 11.6 Å². The second-order valence-electron chi connectivity index (χ2n) is 10.7. The average Bonchev–Trinajstić information content (AvgIpc) is 2.62. The minimum atomic E-state index is -1.16. The first kappa shape index (κ1) is 25.1. The van der Waals surface area contributed by atoms with Crippen LogP contribution in [0.3, 0.4) is 0 Å². The molecule has 2 atom stereocenters. The molecule has 1 fully saturated rings. The Morgan fingerprint density at radius 1 is 1.42 bits per heavy atom. The van der Waals surface area contributed by atoms with Gasteiger partial charge in [0.15, 0.2) is 0 Å². The maximum absolute atomic E-state index is 10.5. The van der Waals surface area contributed by atoms with Crippen molar-refractivity contribution < 1.29 is 19.7 Å². The van der Waals surface area contributed by atoms with Crippen LogP contribution >= 0.6 is 0 Å². The summed E-state index contributed by atoms with van der Waals surface area (Å²) in [7, 11) is 0. The Balaban J connectivity index is 0.000000267. The van der Waals surface area contributed by atoms with Gasteiger partial charge in [0.1, 0.15) is 11.7 Å². The first-order chi connectivity index (χ1) is 14.2. The Kier molecular flexibility index (Phi) is 7.43. The van der Waals surface area contributed by atoms with Gasteiger partial charge < -0.3 is 30.4 Å². The molecule has 0 aromatic carbocycles. The third-order valence-corrected chi connectivity index (χ3v) is 5.95. The number of aliphatic hydroxyl groups excluding tert-OH is 1. The van der Waals surface area contributed by atoms with E-state index in [1.165, 1.54) is 11.3 Å². The molecule has 1 amide bonds. The van der Waals surface area contributed by atoms with Gasteiger partial charge in [0.25, 0.3) is 0 Å². The number of amides is 1. The number of carboxylic acid groups (broad SMARTS) is 1. The van der Waals surface area contributed by atoms with Crippen LogP contribution in [-0.2, 0) is 0 Å². The van der Waals surface area contributed by atoms with E-state index in [0.29, 0.717) is 12.4 Å². The number of aliphatic hydroxyl groups is 1. The zero-order valence-electron chi connectivity index (χ0n) is 19.8. The smallest absolute Gasteiger partial charge is 0.218 e. The molecule has 1 aromatic heterocycles. The van der Waals surface area contributed by atoms with Gasteiger partial charge in [-0.2, -0.15) is 0 Å². The van der Waals surface area contributed by atoms with Gasteiger partial charge in [-0.1, -0.05) is 26.8 Å². The van der Waals surface area contributed by atoms with Crippen LogP contribution in [0.25, 0.3) is 0 Å². The fourth-order valence-electron chi connectivity index (χ4n) is 3.87. The van der Waals surface area contributed by atoms with Crippen molar-refractivity contribution in [2.75, 3.05) is 6.54 Å². The molecule has 1 aliphatic heterocycles. The summed E-state index contributed by atoms with van der Waals surface area (Å²) < 4.78 is 6.07. The highest BCUT2D eigenvalue weighted by molar-refractivity contribution is 5.63. The lowest BCUT2D eigenvalue weighted by atomic mass is 9.73. The second kappa shape index (κ2) is 9.17. The van der Waals surface area contributed by atoms with Crippen molar-refractivity contribution in [3.05, 3.63) is 36.0 Å². The number of carbonyl (C=O) groups is 1. The number of carbonyl (C=O) groups excluding carboxylic acids is 1. The van der Waals surface area contributed by atoms with Crippen LogP contribution in [0.5, 0.6) is 5.88 Å². The number of hydrogen-bond donors (Lipinski definition) is 2. The number of rotatable bonds is 3. The van der Waals surface area contributed by atoms with Crippen LogP contribution < -0.4 is 15.6 Å². The minimum Gasteiger partial charge on any atom is -0.530 e. The van der Waals surface area contributed by atoms with E-state index in [1.54, 1.807) is 12.3 Å². The Labute approximate surface area is 186 Å². The number of ether oxygens (including phenoxy) is 1. The van der Waals surface area contributed by atoms with Crippen LogP contribution in [0.15, 0.2) is 24.9 Å². The highest BCUT2D eigenvalue weighted by Gasteiger charge is 2.45. The van der Waals surface area contributed by atoms with E-state index in [0.717, 1.165) is 30.4 Å². The van der Waals surface area contributed by atoms with Gasteiger partial charge in [-0.25, -0.2) is 4.98 Å². The Morgan fingerprint density at radius 3 is 2.42 bits per heavy atom. The zero-order valence-corrected chi connectivity index (χ0v) is 19.8. The number of pyridine rings is 1. The fraction of sp³-hybridized carbons (Fsp3) is 0.667. The molecule has 2 heterocycles. The van der Waals surface area contributed by atoms with Crippen molar-refractivity contribution in [2.24, 2.45) is 11.1 Å². The number of nitrogens with zero attached hydrogens (tertiary/aromatic N) is 2. The predicted molar refractivity (Wildman–Crippen MR) is 119 cm³/mol. The van der Waals surface area contributed by atoms with Crippen molar-refractivity contribution in [1.29, 1.82) is 0 Å². The first-order valence-electron chi connectivity index (χ1n) is 10.9. The van der Waals surface area contributed by atoms with Crippen molar-refractivity contribution >= 4 is 6.09 Å². The molecular weight excluding hydrogens is 394 g/mol. The summed E-state index contributed by atoms with van der Waals surface area (Å²) in [5.41, 5.74) is 7.37. The molecule has 7 nitrogen and oxygen atoms in total. The lowest BCUT2D eigenvalue weighted by Crippen LogP contribution is -2.51. The summed E-state index contributed by atoms with van der Waals surface area (Å²) in [6.07, 6.45) is 5.78. The van der Waals surface area contributed by atoms with Gasteiger partial charge in [0.05, 0.1) is 6.10 Å². The SMILES string of the molecule is C=CCN(C(=O)[O-])C(C)(C)C.CC(C)(C)C(O)c1cnc2c(c1)[C@@H](N)CC1(CCC1)O2. The van der Waals surface area contributed by atoms with E-state index in [1.807, 2.05) is 47.6 Å². The molecule has 174 valence electrons. The molecule has 3 rings (SSSR count). The average molecular weight is 433 g/mol. The van der Waals surface area contributed by atoms with Crippen LogP contribution in [0.1, 0.15) is 90.5 Å². The summed E-state index contributed by atoms with van der Waals surface area (Å²) >= 11 is 0. The maximum Gasteiger partial charge on any atom is 0.218 e. The van der Waals surface area contributed by atoms with E-state index >= 15 is 0 Å². The third kappa shape index (κ3) is 5.98. The van der Waals surface area contributed by atoms with Crippen molar-refractivity contribution in [1.82, 2.24) is 9.88 Å². The normalized spacial score (nSPS) is 20.3. The Bertz CT molecular complexity index is 791. The molecule has 0 bridgehead atoms. The molecule has 31 heavy (non-hydrogen) atoms. The standard InChI is InChI=1S/C16H24N2O2.C8H15NO2/c1-15(2,3)13(19)10-7-11-12(17)8-16(5-4-6-16)20-14(11)18-9-10;1-5-6-9(7(10)11)8(2,3)4/h7,9,12-13,19H,4-6,8,17H2,1-3H3;5H,1,6H2,2-4H3,(H,10,11)/p-1/t12-,13?;/m0./s1. The monoisotopic (exact) mass is 432 g/mol. The molecule has 7 heteroatoms. The Hall–Kier alpha value is -2.12. The molecular formula is C24H38N3O4-. The van der Waals surface area contributed by atoms with Crippen molar-refractivity contribution in [3.8, 4) is 5.88 Å². The van der Waals surface area contributed by atoms with Crippen LogP contribution in [0.4, 0.5) is 4.79 Å². The molecule has 0 radical (unpaired) electrons. The van der Waals surface area contributed by atoms with Crippen LogP contribution in [-0.4, -0.2) is 38.8 Å². The summed E-state index contributed by atoms with van der Waals surface area (Å²) in [6.45, 7) is 15.2. The lowest BCUT2D eigenvalue weighted by molar-refractivity contribution is -0.269. The molecule has 1 unspecified atom stereocenters. The molecule has 3 N–H and O–H groups in total. The highest BCUT2D eigenvalue weighted by Crippen LogP contribution is 2.48. The van der Waals surface area contributed by atoms with Gasteiger partial charge >= 0.3 is 0 Å². The topological polar surface area (TPSA) is 112 Å². The van der Waals surface area contributed by atoms with Gasteiger partial charge in [-0.05, 0) is 57.1 Å². The quantitative estimate of drug-likeness (QED) is 0.707. The molecule has 0 saturated heterocycles. The summed E-state index contributed by atoms with van der Waals surface area (Å²) in [5, 5.41) is 20.9. The summed E-state index contributed by atoms with van der Waals surface area (Å²) in [4.78, 5) is 16.1. The van der Waals surface area contributed by atoms with Gasteiger partial charge in [-0.3, -0.25) is 0 Å². The van der Waals surface area contributed by atoms with Gasteiger partial charge in [-0.15, -0.1) is 6.58 Å². The first-order valence-corrected chi connectivity index (χ1v) is 10.9. The van der Waals surface area contributed by atoms with E-state index < -0.39 is 17.7 Å². The van der Waals surface area contributed by atoms with E-state index in [9.17, 15) is 15.0 Å². The molecule has 1 saturated carbocycles. The van der Waals surface area contributed by atoms with Crippen molar-refractivity contribution in [2.45, 2.75) is 90.5 Å². The zero-order chi connectivity index (χ0) is 23.6. The fourth-order valence-corrected chi connectivity index (χ4v) is 3.87. The van der Waals surface area contributed by atoms with E-state index in [-0.39, 0.29) is 17.1 Å². The second-order valence-corrected chi connectivity index (χ2v) is 10.7. The number of nitrogens with two attached hydrogens (primary N) is 1. The van der Waals surface area contributed by atoms with Crippen LogP contribution in [0, 0.1) is 5.41 Å². The number of aromatic nitrogens is 1. The lowest BCUT2D eigenvalue weighted by Gasteiger charge is -2.46. The summed E-state index contributed by atoms with van der Waals surface area (Å²) in [5.74, 6) is 0.660. The van der Waals surface area contributed by atoms with Crippen molar-refractivity contribution in [3.63, 3.8) is 0 Å². The third-order valence-electron chi connectivity index (χ3n) is 5.95. The van der Waals surface area contributed by atoms with Gasteiger partial charge in [0.2, 0.25) is 5.88 Å². The molecule has 1 spiro atoms. The predicted octanol–water partition coefficient (Wildman–Crippen LogP) is 3.48. The van der Waals surface area contributed by atoms with Crippen LogP contribution in [0.2, 0.25) is 0 Å². The minimum absolute atomic E-state index is 0.0429. The summed E-state index contributed by atoms with van der Waals surface area (Å²) in [6, 6.07) is 1.92. The largest absolute Gasteiger partial charge is 0.530 e. The highest BCUT2D eigenvalue weighted by atomic mass is 16.5. The number of hydrogen-bond acceptors (Lipinski definition) is 6. The van der Waals surface area contributed by atoms with E-state index in [4.69, 9.17) is 10.5 Å². The molecule has 2 aliphatic rings. The number of fused-ring (bicyclic) bond motifs is 1. The molecule has 1 aliphatic carbocycles. The van der Waals surface area contributed by atoms with Gasteiger partial charge in [0, 0.05) is 36.3 Å². The molecule has 1 aromatic rings. The Morgan fingerprint density at radius 2 is 2.03 bits per heavy atom.